The second-order valence-corrected chi connectivity index (χ2v) is 16.2. The molecule has 53 heavy (non-hydrogen) atoms. The van der Waals surface area contributed by atoms with Crippen LogP contribution < -0.4 is 15.3 Å². The van der Waals surface area contributed by atoms with Crippen molar-refractivity contribution < 1.29 is 4.57 Å². The molecule has 1 aliphatic rings. The van der Waals surface area contributed by atoms with Gasteiger partial charge in [0.2, 0.25) is 7.29 Å². The Bertz CT molecular complexity index is 3080. The van der Waals surface area contributed by atoms with Crippen LogP contribution in [0.2, 0.25) is 0 Å². The van der Waals surface area contributed by atoms with Crippen molar-refractivity contribution in [3.63, 3.8) is 0 Å². The number of aromatic nitrogens is 2. The van der Waals surface area contributed by atoms with Crippen molar-refractivity contribution in [2.24, 2.45) is 0 Å². The van der Waals surface area contributed by atoms with Crippen molar-refractivity contribution in [3.05, 3.63) is 194 Å². The summed E-state index contributed by atoms with van der Waals surface area (Å²) in [4.78, 5) is 0. The standard InChI is InChI=1S/C48H32N3OP/c52-53(36-23-11-4-12-24-36)44-32-31-42-46(38-26-14-16-28-40(38)50(42)34-19-7-2-8-20-34)48(44)47-43(51(53)35-21-9-3-10-22-35)30-29-41-45(47)37-25-13-15-27-39(37)49(41)33-17-5-1-6-18-33/h1-32H. The van der Waals surface area contributed by atoms with E-state index in [1.54, 1.807) is 0 Å². The first-order chi connectivity index (χ1) is 26.2. The lowest BCUT2D eigenvalue weighted by Gasteiger charge is -2.41. The molecule has 8 aromatic carbocycles. The van der Waals surface area contributed by atoms with Crippen LogP contribution in [0.15, 0.2) is 194 Å². The smallest absolute Gasteiger partial charge is 0.234 e. The highest BCUT2D eigenvalue weighted by molar-refractivity contribution is 7.81. The Kier molecular flexibility index (Phi) is 6.49. The van der Waals surface area contributed by atoms with Crippen LogP contribution in [0, 0.1) is 0 Å². The maximum Gasteiger partial charge on any atom is 0.234 e. The van der Waals surface area contributed by atoms with E-state index in [9.17, 15) is 0 Å². The average Bonchev–Trinajstić information content (AvgIpc) is 3.75. The fourth-order valence-electron chi connectivity index (χ4n) is 8.76. The van der Waals surface area contributed by atoms with Crippen LogP contribution in [0.5, 0.6) is 0 Å². The lowest BCUT2D eigenvalue weighted by Crippen LogP contribution is -2.33. The highest BCUT2D eigenvalue weighted by Gasteiger charge is 2.45. The summed E-state index contributed by atoms with van der Waals surface area (Å²) in [6, 6.07) is 67.6. The van der Waals surface area contributed by atoms with Gasteiger partial charge in [-0.2, -0.15) is 0 Å². The lowest BCUT2D eigenvalue weighted by molar-refractivity contribution is 0.587. The zero-order valence-electron chi connectivity index (χ0n) is 28.7. The molecule has 250 valence electrons. The van der Waals surface area contributed by atoms with E-state index in [1.807, 2.05) is 48.5 Å². The SMILES string of the molecule is O=P1(c2ccccc2)c2ccc3c(c2-c2c(ccc4c2c2ccccc2n4-c2ccccc2)N1c1ccccc1)c1ccccc1n3-c1ccccc1. The molecule has 0 saturated carbocycles. The number of para-hydroxylation sites is 5. The second kappa shape index (κ2) is 11.4. The van der Waals surface area contributed by atoms with Crippen molar-refractivity contribution in [2.45, 2.75) is 0 Å². The van der Waals surface area contributed by atoms with Gasteiger partial charge >= 0.3 is 0 Å². The van der Waals surface area contributed by atoms with Crippen LogP contribution in [0.25, 0.3) is 66.1 Å². The van der Waals surface area contributed by atoms with Crippen molar-refractivity contribution in [2.75, 3.05) is 4.67 Å². The predicted molar refractivity (Wildman–Crippen MR) is 222 cm³/mol. The Morgan fingerprint density at radius 3 is 1.34 bits per heavy atom. The van der Waals surface area contributed by atoms with E-state index in [2.05, 4.69) is 159 Å². The monoisotopic (exact) mass is 697 g/mol. The third kappa shape index (κ3) is 4.16. The molecule has 1 atom stereocenters. The van der Waals surface area contributed by atoms with Gasteiger partial charge in [-0.3, -0.25) is 9.24 Å². The maximum absolute atomic E-state index is 16.7. The molecule has 0 N–H and O–H groups in total. The molecule has 3 heterocycles. The summed E-state index contributed by atoms with van der Waals surface area (Å²) >= 11 is 0. The van der Waals surface area contributed by atoms with Crippen LogP contribution in [0.3, 0.4) is 0 Å². The molecule has 10 aromatic rings. The molecule has 2 aromatic heterocycles. The molecule has 0 aliphatic carbocycles. The van der Waals surface area contributed by atoms with Crippen LogP contribution in [-0.2, 0) is 4.57 Å². The van der Waals surface area contributed by atoms with Gasteiger partial charge in [-0.1, -0.05) is 109 Å². The summed E-state index contributed by atoms with van der Waals surface area (Å²) in [6.07, 6.45) is 0. The lowest BCUT2D eigenvalue weighted by atomic mass is 9.93. The molecule has 0 bridgehead atoms. The Balaban J connectivity index is 1.40. The Labute approximate surface area is 306 Å². The summed E-state index contributed by atoms with van der Waals surface area (Å²) in [6.45, 7) is 0. The van der Waals surface area contributed by atoms with Crippen LogP contribution in [0.4, 0.5) is 11.4 Å². The van der Waals surface area contributed by atoms with E-state index in [0.717, 1.165) is 88.1 Å². The fraction of sp³-hybridized carbons (Fsp3) is 0. The highest BCUT2D eigenvalue weighted by atomic mass is 31.2. The summed E-state index contributed by atoms with van der Waals surface area (Å²) in [5, 5.41) is 6.18. The average molecular weight is 698 g/mol. The van der Waals surface area contributed by atoms with Gasteiger partial charge in [-0.15, -0.1) is 0 Å². The summed E-state index contributed by atoms with van der Waals surface area (Å²) in [7, 11) is -3.54. The van der Waals surface area contributed by atoms with Crippen molar-refractivity contribution in [3.8, 4) is 22.5 Å². The largest absolute Gasteiger partial charge is 0.309 e. The van der Waals surface area contributed by atoms with Crippen LogP contribution >= 0.6 is 7.29 Å². The minimum Gasteiger partial charge on any atom is -0.309 e. The van der Waals surface area contributed by atoms with E-state index in [0.29, 0.717) is 0 Å². The van der Waals surface area contributed by atoms with Gasteiger partial charge in [0, 0.05) is 60.3 Å². The van der Waals surface area contributed by atoms with E-state index < -0.39 is 7.29 Å². The normalized spacial score (nSPS) is 15.3. The minimum atomic E-state index is -3.54. The zero-order chi connectivity index (χ0) is 35.1. The maximum atomic E-state index is 16.7. The number of nitrogens with zero attached hydrogens (tertiary/aromatic N) is 3. The second-order valence-electron chi connectivity index (χ2n) is 13.6. The van der Waals surface area contributed by atoms with E-state index in [4.69, 9.17) is 0 Å². The molecule has 0 saturated heterocycles. The fourth-order valence-corrected chi connectivity index (χ4v) is 11.8. The van der Waals surface area contributed by atoms with Gasteiger partial charge in [0.05, 0.1) is 27.8 Å². The Hall–Kier alpha value is -6.61. The molecule has 1 aliphatic heterocycles. The van der Waals surface area contributed by atoms with Crippen LogP contribution in [-0.4, -0.2) is 9.13 Å². The molecule has 0 fully saturated rings. The number of benzene rings is 8. The molecule has 0 amide bonds. The first-order valence-corrected chi connectivity index (χ1v) is 19.6. The van der Waals surface area contributed by atoms with E-state index >= 15 is 4.57 Å². The molecular weight excluding hydrogens is 666 g/mol. The number of hydrogen-bond donors (Lipinski definition) is 0. The Morgan fingerprint density at radius 1 is 0.358 bits per heavy atom. The molecule has 0 spiro atoms. The summed E-state index contributed by atoms with van der Waals surface area (Å²) in [5.41, 5.74) is 10.6. The number of hydrogen-bond acceptors (Lipinski definition) is 1. The number of anilines is 2. The highest BCUT2D eigenvalue weighted by Crippen LogP contribution is 2.64. The van der Waals surface area contributed by atoms with Gasteiger partial charge in [-0.25, -0.2) is 0 Å². The van der Waals surface area contributed by atoms with Crippen molar-refractivity contribution in [1.29, 1.82) is 0 Å². The minimum absolute atomic E-state index is 0.800. The van der Waals surface area contributed by atoms with Gasteiger partial charge in [0.25, 0.3) is 0 Å². The zero-order valence-corrected chi connectivity index (χ0v) is 29.6. The van der Waals surface area contributed by atoms with E-state index in [-0.39, 0.29) is 0 Å². The Morgan fingerprint density at radius 2 is 0.792 bits per heavy atom. The molecule has 5 heteroatoms. The first kappa shape index (κ1) is 30.1. The number of rotatable bonds is 4. The molecule has 1 unspecified atom stereocenters. The van der Waals surface area contributed by atoms with Gasteiger partial charge in [-0.05, 0) is 84.9 Å². The molecular formula is C48H32N3OP. The van der Waals surface area contributed by atoms with Crippen LogP contribution in [0.1, 0.15) is 0 Å². The van der Waals surface area contributed by atoms with Gasteiger partial charge < -0.3 is 9.13 Å². The summed E-state index contributed by atoms with van der Waals surface area (Å²) < 4.78 is 23.6. The van der Waals surface area contributed by atoms with Gasteiger partial charge in [0.15, 0.2) is 0 Å². The van der Waals surface area contributed by atoms with Gasteiger partial charge in [0.1, 0.15) is 0 Å². The quantitative estimate of drug-likeness (QED) is 0.171. The molecule has 11 rings (SSSR count). The predicted octanol–water partition coefficient (Wildman–Crippen LogP) is 11.9. The summed E-state index contributed by atoms with van der Waals surface area (Å²) in [5.74, 6) is 0. The third-order valence-corrected chi connectivity index (χ3v) is 13.9. The first-order valence-electron chi connectivity index (χ1n) is 18.0. The number of fused-ring (bicyclic) bond motifs is 11. The third-order valence-electron chi connectivity index (χ3n) is 10.9. The molecule has 0 radical (unpaired) electrons. The van der Waals surface area contributed by atoms with E-state index in [1.165, 1.54) is 0 Å². The topological polar surface area (TPSA) is 30.2 Å². The van der Waals surface area contributed by atoms with Crippen molar-refractivity contribution in [1.82, 2.24) is 9.13 Å². The molecule has 4 nitrogen and oxygen atoms in total. The van der Waals surface area contributed by atoms with Crippen molar-refractivity contribution >= 4 is 72.9 Å².